The number of hydrogen-bond acceptors (Lipinski definition) is 1. The van der Waals surface area contributed by atoms with Crippen LogP contribution in [0.2, 0.25) is 0 Å². The second-order valence-corrected chi connectivity index (χ2v) is 5.54. The van der Waals surface area contributed by atoms with E-state index in [1.165, 1.54) is 36.9 Å². The Morgan fingerprint density at radius 2 is 1.83 bits per heavy atom. The average molecular weight is 247 g/mol. The monoisotopic (exact) mass is 247 g/mol. The summed E-state index contributed by atoms with van der Waals surface area (Å²) in [6.45, 7) is 10.2. The lowest BCUT2D eigenvalue weighted by atomic mass is 9.98. The molecular weight excluding hydrogens is 218 g/mol. The van der Waals surface area contributed by atoms with Crippen LogP contribution >= 0.6 is 0 Å². The summed E-state index contributed by atoms with van der Waals surface area (Å²) >= 11 is 0. The van der Waals surface area contributed by atoms with E-state index in [2.05, 4.69) is 57.3 Å². The van der Waals surface area contributed by atoms with Gasteiger partial charge in [-0.05, 0) is 29.9 Å². The normalized spacial score (nSPS) is 12.7. The van der Waals surface area contributed by atoms with Crippen molar-refractivity contribution in [2.75, 3.05) is 11.9 Å². The Bertz CT molecular complexity index is 330. The quantitative estimate of drug-likeness (QED) is 0.645. The molecule has 102 valence electrons. The van der Waals surface area contributed by atoms with Gasteiger partial charge in [0.1, 0.15) is 0 Å². The molecule has 0 fully saturated rings. The fourth-order valence-corrected chi connectivity index (χ4v) is 2.36. The van der Waals surface area contributed by atoms with Gasteiger partial charge in [0.15, 0.2) is 0 Å². The van der Waals surface area contributed by atoms with E-state index in [0.717, 1.165) is 12.5 Å². The number of nitrogens with one attached hydrogen (secondary N) is 1. The lowest BCUT2D eigenvalue weighted by molar-refractivity contribution is 0.472. The minimum Gasteiger partial charge on any atom is -0.385 e. The van der Waals surface area contributed by atoms with Crippen molar-refractivity contribution in [1.29, 1.82) is 0 Å². The summed E-state index contributed by atoms with van der Waals surface area (Å²) < 4.78 is 0. The minimum atomic E-state index is 0.587. The van der Waals surface area contributed by atoms with Gasteiger partial charge < -0.3 is 5.32 Å². The van der Waals surface area contributed by atoms with Crippen LogP contribution in [0, 0.1) is 5.92 Å². The van der Waals surface area contributed by atoms with Crippen LogP contribution in [0.4, 0.5) is 5.69 Å². The van der Waals surface area contributed by atoms with Crippen LogP contribution in [-0.4, -0.2) is 6.54 Å². The number of rotatable bonds is 8. The molecule has 0 amide bonds. The molecule has 1 aromatic rings. The maximum atomic E-state index is 3.65. The lowest BCUT2D eigenvalue weighted by Gasteiger charge is -2.19. The van der Waals surface area contributed by atoms with Crippen molar-refractivity contribution >= 4 is 5.69 Å². The van der Waals surface area contributed by atoms with Gasteiger partial charge in [-0.25, -0.2) is 0 Å². The fraction of sp³-hybridized carbons (Fsp3) is 0.647. The molecule has 0 saturated heterocycles. The zero-order valence-corrected chi connectivity index (χ0v) is 12.5. The van der Waals surface area contributed by atoms with E-state index in [0.29, 0.717) is 5.92 Å². The summed E-state index contributed by atoms with van der Waals surface area (Å²) in [6, 6.07) is 8.71. The maximum Gasteiger partial charge on any atom is 0.0375 e. The van der Waals surface area contributed by atoms with Crippen molar-refractivity contribution < 1.29 is 0 Å². The van der Waals surface area contributed by atoms with Gasteiger partial charge in [-0.2, -0.15) is 0 Å². The van der Waals surface area contributed by atoms with Gasteiger partial charge in [-0.15, -0.1) is 0 Å². The first-order valence-corrected chi connectivity index (χ1v) is 7.51. The predicted octanol–water partition coefficient (Wildman–Crippen LogP) is 5.44. The van der Waals surface area contributed by atoms with E-state index < -0.39 is 0 Å². The first-order valence-electron chi connectivity index (χ1n) is 7.51. The van der Waals surface area contributed by atoms with Crippen LogP contribution in [0.25, 0.3) is 0 Å². The van der Waals surface area contributed by atoms with Crippen LogP contribution in [0.15, 0.2) is 24.3 Å². The summed E-state index contributed by atoms with van der Waals surface area (Å²) in [5, 5.41) is 3.65. The second-order valence-electron chi connectivity index (χ2n) is 5.54. The van der Waals surface area contributed by atoms with E-state index in [9.17, 15) is 0 Å². The van der Waals surface area contributed by atoms with Crippen molar-refractivity contribution in [2.24, 2.45) is 5.92 Å². The van der Waals surface area contributed by atoms with E-state index in [4.69, 9.17) is 0 Å². The smallest absolute Gasteiger partial charge is 0.0375 e. The third kappa shape index (κ3) is 4.72. The average Bonchev–Trinajstić information content (AvgIpc) is 2.39. The molecule has 1 atom stereocenters. The molecule has 0 heterocycles. The number of unbranched alkanes of at least 4 members (excludes halogenated alkanes) is 1. The lowest BCUT2D eigenvalue weighted by Crippen LogP contribution is -2.14. The summed E-state index contributed by atoms with van der Waals surface area (Å²) in [5.41, 5.74) is 2.75. The predicted molar refractivity (Wildman–Crippen MR) is 82.3 cm³/mol. The molecular formula is C17H29N. The van der Waals surface area contributed by atoms with E-state index in [1.54, 1.807) is 0 Å². The van der Waals surface area contributed by atoms with Crippen molar-refractivity contribution in [3.8, 4) is 0 Å². The van der Waals surface area contributed by atoms with Crippen molar-refractivity contribution in [3.63, 3.8) is 0 Å². The Morgan fingerprint density at radius 3 is 2.44 bits per heavy atom. The number of benzene rings is 1. The van der Waals surface area contributed by atoms with E-state index in [1.807, 2.05) is 0 Å². The Morgan fingerprint density at radius 1 is 1.11 bits per heavy atom. The Labute approximate surface area is 113 Å². The highest BCUT2D eigenvalue weighted by molar-refractivity contribution is 5.52. The van der Waals surface area contributed by atoms with E-state index >= 15 is 0 Å². The van der Waals surface area contributed by atoms with Crippen molar-refractivity contribution in [1.82, 2.24) is 0 Å². The standard InChI is InChI=1S/C17H29N/c1-5-7-10-15(6-2)13-18-17-12-9-8-11-16(17)14(3)4/h8-9,11-12,14-15,18H,5-7,10,13H2,1-4H3. The Balaban J connectivity index is 2.56. The van der Waals surface area contributed by atoms with Crippen LogP contribution < -0.4 is 5.32 Å². The Kier molecular flexibility index (Phi) is 6.85. The van der Waals surface area contributed by atoms with E-state index in [-0.39, 0.29) is 0 Å². The molecule has 1 rings (SSSR count). The minimum absolute atomic E-state index is 0.587. The molecule has 1 aromatic carbocycles. The SMILES string of the molecule is CCCCC(CC)CNc1ccccc1C(C)C. The van der Waals surface area contributed by atoms with Gasteiger partial charge in [0.25, 0.3) is 0 Å². The third-order valence-corrected chi connectivity index (χ3v) is 3.71. The highest BCUT2D eigenvalue weighted by atomic mass is 14.9. The molecule has 0 aliphatic heterocycles. The molecule has 1 nitrogen and oxygen atoms in total. The number of para-hydroxylation sites is 1. The first kappa shape index (κ1) is 15.1. The second kappa shape index (κ2) is 8.18. The van der Waals surface area contributed by atoms with Crippen LogP contribution in [-0.2, 0) is 0 Å². The molecule has 0 saturated carbocycles. The van der Waals surface area contributed by atoms with Gasteiger partial charge in [0.05, 0.1) is 0 Å². The maximum absolute atomic E-state index is 3.65. The molecule has 1 heteroatoms. The molecule has 0 spiro atoms. The zero-order chi connectivity index (χ0) is 13.4. The number of anilines is 1. The highest BCUT2D eigenvalue weighted by Gasteiger charge is 2.08. The topological polar surface area (TPSA) is 12.0 Å². The van der Waals surface area contributed by atoms with Gasteiger partial charge in [0, 0.05) is 12.2 Å². The van der Waals surface area contributed by atoms with Crippen molar-refractivity contribution in [2.45, 2.75) is 59.3 Å². The van der Waals surface area contributed by atoms with Gasteiger partial charge >= 0.3 is 0 Å². The Hall–Kier alpha value is -0.980. The summed E-state index contributed by atoms with van der Waals surface area (Å²) in [6.07, 6.45) is 5.28. The van der Waals surface area contributed by atoms with Crippen LogP contribution in [0.5, 0.6) is 0 Å². The molecule has 0 aromatic heterocycles. The largest absolute Gasteiger partial charge is 0.385 e. The summed E-state index contributed by atoms with van der Waals surface area (Å²) in [4.78, 5) is 0. The zero-order valence-electron chi connectivity index (χ0n) is 12.5. The highest BCUT2D eigenvalue weighted by Crippen LogP contribution is 2.24. The summed E-state index contributed by atoms with van der Waals surface area (Å²) in [5.74, 6) is 1.40. The molecule has 0 aliphatic rings. The molecule has 0 radical (unpaired) electrons. The molecule has 0 bridgehead atoms. The van der Waals surface area contributed by atoms with Gasteiger partial charge in [0.2, 0.25) is 0 Å². The van der Waals surface area contributed by atoms with Crippen molar-refractivity contribution in [3.05, 3.63) is 29.8 Å². The third-order valence-electron chi connectivity index (χ3n) is 3.71. The number of hydrogen-bond donors (Lipinski definition) is 1. The van der Waals surface area contributed by atoms with Gasteiger partial charge in [-0.3, -0.25) is 0 Å². The first-order chi connectivity index (χ1) is 8.69. The van der Waals surface area contributed by atoms with Crippen LogP contribution in [0.1, 0.15) is 64.9 Å². The van der Waals surface area contributed by atoms with Gasteiger partial charge in [-0.1, -0.05) is 65.2 Å². The van der Waals surface area contributed by atoms with Crippen LogP contribution in [0.3, 0.4) is 0 Å². The molecule has 0 aliphatic carbocycles. The molecule has 1 N–H and O–H groups in total. The fourth-order valence-electron chi connectivity index (χ4n) is 2.36. The molecule has 18 heavy (non-hydrogen) atoms. The summed E-state index contributed by atoms with van der Waals surface area (Å²) in [7, 11) is 0. The molecule has 1 unspecified atom stereocenters.